The number of nitrogens with one attached hydrogen (secondary N) is 1. The highest BCUT2D eigenvalue weighted by atomic mass is 14.9. The summed E-state index contributed by atoms with van der Waals surface area (Å²) in [6.45, 7) is 2.25. The highest BCUT2D eigenvalue weighted by Crippen LogP contribution is 2.28. The largest absolute Gasteiger partial charge is 0.317 e. The molecule has 0 atom stereocenters. The molecule has 1 fully saturated rings. The number of benzene rings is 1. The van der Waals surface area contributed by atoms with Crippen molar-refractivity contribution >= 4 is 0 Å². The molecule has 0 aliphatic carbocycles. The SMILES string of the molecule is c1ccc(-c2cncc(C3CCNCC3)c2)cc1. The highest BCUT2D eigenvalue weighted by molar-refractivity contribution is 5.62. The van der Waals surface area contributed by atoms with Crippen LogP contribution in [0.2, 0.25) is 0 Å². The van der Waals surface area contributed by atoms with E-state index in [9.17, 15) is 0 Å². The maximum atomic E-state index is 4.42. The Labute approximate surface area is 108 Å². The quantitative estimate of drug-likeness (QED) is 0.869. The molecule has 2 heterocycles. The molecule has 2 heteroatoms. The summed E-state index contributed by atoms with van der Waals surface area (Å²) in [6.07, 6.45) is 6.43. The van der Waals surface area contributed by atoms with Crippen LogP contribution in [0.4, 0.5) is 0 Å². The number of rotatable bonds is 2. The van der Waals surface area contributed by atoms with Crippen molar-refractivity contribution in [2.75, 3.05) is 13.1 Å². The molecule has 0 saturated carbocycles. The third-order valence-electron chi connectivity index (χ3n) is 3.68. The Bertz CT molecular complexity index is 502. The smallest absolute Gasteiger partial charge is 0.0346 e. The third-order valence-corrected chi connectivity index (χ3v) is 3.68. The second-order valence-corrected chi connectivity index (χ2v) is 4.90. The van der Waals surface area contributed by atoms with E-state index in [0.717, 1.165) is 13.1 Å². The summed E-state index contributed by atoms with van der Waals surface area (Å²) in [7, 11) is 0. The van der Waals surface area contributed by atoms with Crippen molar-refractivity contribution < 1.29 is 0 Å². The predicted octanol–water partition coefficient (Wildman–Crippen LogP) is 3.22. The Kier molecular flexibility index (Phi) is 3.37. The van der Waals surface area contributed by atoms with Crippen molar-refractivity contribution in [1.82, 2.24) is 10.3 Å². The fourth-order valence-corrected chi connectivity index (χ4v) is 2.62. The van der Waals surface area contributed by atoms with E-state index in [0.29, 0.717) is 5.92 Å². The Balaban J connectivity index is 1.89. The number of pyridine rings is 1. The molecule has 0 amide bonds. The van der Waals surface area contributed by atoms with E-state index in [-0.39, 0.29) is 0 Å². The van der Waals surface area contributed by atoms with Gasteiger partial charge in [-0.25, -0.2) is 0 Å². The van der Waals surface area contributed by atoms with Crippen LogP contribution < -0.4 is 5.32 Å². The van der Waals surface area contributed by atoms with Gasteiger partial charge in [0.1, 0.15) is 0 Å². The predicted molar refractivity (Wildman–Crippen MR) is 74.5 cm³/mol. The Morgan fingerprint density at radius 1 is 0.944 bits per heavy atom. The molecule has 92 valence electrons. The first-order valence-corrected chi connectivity index (χ1v) is 6.64. The topological polar surface area (TPSA) is 24.9 Å². The zero-order chi connectivity index (χ0) is 12.2. The number of hydrogen-bond acceptors (Lipinski definition) is 2. The van der Waals surface area contributed by atoms with Gasteiger partial charge in [-0.15, -0.1) is 0 Å². The monoisotopic (exact) mass is 238 g/mol. The molecule has 1 saturated heterocycles. The minimum atomic E-state index is 0.669. The molecule has 1 aliphatic heterocycles. The van der Waals surface area contributed by atoms with Crippen LogP contribution >= 0.6 is 0 Å². The van der Waals surface area contributed by atoms with Gasteiger partial charge in [0.15, 0.2) is 0 Å². The molecular formula is C16H18N2. The number of piperidine rings is 1. The fourth-order valence-electron chi connectivity index (χ4n) is 2.62. The first-order valence-electron chi connectivity index (χ1n) is 6.64. The van der Waals surface area contributed by atoms with E-state index in [2.05, 4.69) is 40.6 Å². The van der Waals surface area contributed by atoms with Crippen LogP contribution in [0.3, 0.4) is 0 Å². The first kappa shape index (κ1) is 11.4. The van der Waals surface area contributed by atoms with Crippen LogP contribution in [0, 0.1) is 0 Å². The molecule has 1 aliphatic rings. The summed E-state index contributed by atoms with van der Waals surface area (Å²) in [5.74, 6) is 0.669. The zero-order valence-corrected chi connectivity index (χ0v) is 10.5. The van der Waals surface area contributed by atoms with E-state index in [4.69, 9.17) is 0 Å². The van der Waals surface area contributed by atoms with Gasteiger partial charge in [-0.3, -0.25) is 4.98 Å². The number of hydrogen-bond donors (Lipinski definition) is 1. The maximum absolute atomic E-state index is 4.42. The zero-order valence-electron chi connectivity index (χ0n) is 10.5. The minimum absolute atomic E-state index is 0.669. The van der Waals surface area contributed by atoms with Gasteiger partial charge in [-0.2, -0.15) is 0 Å². The second kappa shape index (κ2) is 5.32. The van der Waals surface area contributed by atoms with Gasteiger partial charge in [-0.1, -0.05) is 30.3 Å². The Morgan fingerprint density at radius 3 is 2.50 bits per heavy atom. The number of nitrogens with zero attached hydrogens (tertiary/aromatic N) is 1. The molecule has 0 unspecified atom stereocenters. The summed E-state index contributed by atoms with van der Waals surface area (Å²) >= 11 is 0. The molecule has 0 radical (unpaired) electrons. The van der Waals surface area contributed by atoms with Gasteiger partial charge in [-0.05, 0) is 49.0 Å². The van der Waals surface area contributed by atoms with Crippen molar-refractivity contribution in [3.05, 3.63) is 54.4 Å². The number of aromatic nitrogens is 1. The van der Waals surface area contributed by atoms with Crippen LogP contribution in [-0.4, -0.2) is 18.1 Å². The molecule has 0 bridgehead atoms. The van der Waals surface area contributed by atoms with Gasteiger partial charge in [0.05, 0.1) is 0 Å². The fraction of sp³-hybridized carbons (Fsp3) is 0.312. The summed E-state index contributed by atoms with van der Waals surface area (Å²) in [4.78, 5) is 4.42. The lowest BCUT2D eigenvalue weighted by Crippen LogP contribution is -2.26. The summed E-state index contributed by atoms with van der Waals surface area (Å²) in [5, 5.41) is 3.41. The van der Waals surface area contributed by atoms with Crippen molar-refractivity contribution in [2.45, 2.75) is 18.8 Å². The van der Waals surface area contributed by atoms with Crippen LogP contribution in [0.15, 0.2) is 48.8 Å². The molecular weight excluding hydrogens is 220 g/mol. The third kappa shape index (κ3) is 2.44. The lowest BCUT2D eigenvalue weighted by atomic mass is 9.90. The van der Waals surface area contributed by atoms with E-state index in [1.807, 2.05) is 18.5 Å². The van der Waals surface area contributed by atoms with Crippen molar-refractivity contribution in [1.29, 1.82) is 0 Å². The van der Waals surface area contributed by atoms with Gasteiger partial charge in [0.25, 0.3) is 0 Å². The van der Waals surface area contributed by atoms with E-state index < -0.39 is 0 Å². The van der Waals surface area contributed by atoms with Gasteiger partial charge in [0.2, 0.25) is 0 Å². The molecule has 0 spiro atoms. The van der Waals surface area contributed by atoms with Crippen molar-refractivity contribution in [3.63, 3.8) is 0 Å². The summed E-state index contributed by atoms with van der Waals surface area (Å²) in [6, 6.07) is 12.8. The lowest BCUT2D eigenvalue weighted by molar-refractivity contribution is 0.460. The molecule has 1 aromatic heterocycles. The molecule has 2 nitrogen and oxygen atoms in total. The Hall–Kier alpha value is -1.67. The normalized spacial score (nSPS) is 16.7. The molecule has 18 heavy (non-hydrogen) atoms. The summed E-state index contributed by atoms with van der Waals surface area (Å²) < 4.78 is 0. The average molecular weight is 238 g/mol. The van der Waals surface area contributed by atoms with Crippen LogP contribution in [0.1, 0.15) is 24.3 Å². The van der Waals surface area contributed by atoms with Crippen LogP contribution in [-0.2, 0) is 0 Å². The minimum Gasteiger partial charge on any atom is -0.317 e. The van der Waals surface area contributed by atoms with Gasteiger partial charge in [0, 0.05) is 18.0 Å². The van der Waals surface area contributed by atoms with Crippen LogP contribution in [0.5, 0.6) is 0 Å². The molecule has 2 aromatic rings. The second-order valence-electron chi connectivity index (χ2n) is 4.90. The van der Waals surface area contributed by atoms with Gasteiger partial charge >= 0.3 is 0 Å². The highest BCUT2D eigenvalue weighted by Gasteiger charge is 2.15. The van der Waals surface area contributed by atoms with Crippen molar-refractivity contribution in [3.8, 4) is 11.1 Å². The lowest BCUT2D eigenvalue weighted by Gasteiger charge is -2.23. The Morgan fingerprint density at radius 2 is 1.72 bits per heavy atom. The maximum Gasteiger partial charge on any atom is 0.0346 e. The van der Waals surface area contributed by atoms with Crippen LogP contribution in [0.25, 0.3) is 11.1 Å². The first-order chi connectivity index (χ1) is 8.93. The van der Waals surface area contributed by atoms with E-state index in [1.54, 1.807) is 0 Å². The molecule has 3 rings (SSSR count). The molecule has 1 N–H and O–H groups in total. The van der Waals surface area contributed by atoms with E-state index in [1.165, 1.54) is 29.5 Å². The molecule has 1 aromatic carbocycles. The summed E-state index contributed by atoms with van der Waals surface area (Å²) in [5.41, 5.74) is 3.87. The van der Waals surface area contributed by atoms with E-state index >= 15 is 0 Å². The standard InChI is InChI=1S/C16H18N2/c1-2-4-13(5-3-1)15-10-16(12-18-11-15)14-6-8-17-9-7-14/h1-5,10-12,14,17H,6-9H2. The van der Waals surface area contributed by atoms with Crippen molar-refractivity contribution in [2.24, 2.45) is 0 Å². The average Bonchev–Trinajstić information content (AvgIpc) is 2.49. The van der Waals surface area contributed by atoms with Gasteiger partial charge < -0.3 is 5.32 Å².